The molecule has 0 unspecified atom stereocenters. The monoisotopic (exact) mass is 336 g/mol. The number of carbonyl (C=O) groups is 1. The molecule has 6 nitrogen and oxygen atoms in total. The molecule has 0 fully saturated rings. The molecule has 128 valence electrons. The molecule has 25 heavy (non-hydrogen) atoms. The SMILES string of the molecule is C[C@H](Nc1ccc(NC(=O)NCc2ccco2)cc1)c1ccncc1. The molecule has 3 N–H and O–H groups in total. The molecule has 0 radical (unpaired) electrons. The molecule has 3 aromatic rings. The van der Waals surface area contributed by atoms with E-state index in [2.05, 4.69) is 27.9 Å². The van der Waals surface area contributed by atoms with Crippen molar-refractivity contribution in [3.05, 3.63) is 78.5 Å². The van der Waals surface area contributed by atoms with Crippen LogP contribution in [0.15, 0.2) is 71.6 Å². The molecule has 0 bridgehead atoms. The number of aromatic nitrogens is 1. The van der Waals surface area contributed by atoms with Gasteiger partial charge in [0, 0.05) is 29.8 Å². The summed E-state index contributed by atoms with van der Waals surface area (Å²) in [6.45, 7) is 2.44. The molecule has 6 heteroatoms. The van der Waals surface area contributed by atoms with Gasteiger partial charge in [-0.1, -0.05) is 0 Å². The summed E-state index contributed by atoms with van der Waals surface area (Å²) in [7, 11) is 0. The van der Waals surface area contributed by atoms with E-state index in [9.17, 15) is 4.79 Å². The first-order chi connectivity index (χ1) is 12.2. The van der Waals surface area contributed by atoms with Gasteiger partial charge in [-0.15, -0.1) is 0 Å². The summed E-state index contributed by atoms with van der Waals surface area (Å²) >= 11 is 0. The fourth-order valence-corrected chi connectivity index (χ4v) is 2.39. The summed E-state index contributed by atoms with van der Waals surface area (Å²) in [5, 5.41) is 8.94. The molecule has 0 saturated heterocycles. The van der Waals surface area contributed by atoms with Crippen LogP contribution in [0.5, 0.6) is 0 Å². The lowest BCUT2D eigenvalue weighted by Gasteiger charge is -2.16. The maximum absolute atomic E-state index is 11.9. The van der Waals surface area contributed by atoms with E-state index < -0.39 is 0 Å². The van der Waals surface area contributed by atoms with E-state index in [1.807, 2.05) is 42.5 Å². The summed E-state index contributed by atoms with van der Waals surface area (Å²) in [4.78, 5) is 15.9. The molecule has 0 aliphatic rings. The number of carbonyl (C=O) groups excluding carboxylic acids is 1. The number of nitrogens with one attached hydrogen (secondary N) is 3. The van der Waals surface area contributed by atoms with Crippen molar-refractivity contribution in [2.24, 2.45) is 0 Å². The second kappa shape index (κ2) is 8.01. The van der Waals surface area contributed by atoms with Crippen LogP contribution in [0.3, 0.4) is 0 Å². The van der Waals surface area contributed by atoms with E-state index in [-0.39, 0.29) is 12.1 Å². The number of benzene rings is 1. The maximum atomic E-state index is 11.9. The number of pyridine rings is 1. The Morgan fingerprint density at radius 1 is 1.08 bits per heavy atom. The van der Waals surface area contributed by atoms with E-state index in [1.54, 1.807) is 24.7 Å². The second-order valence-corrected chi connectivity index (χ2v) is 5.61. The second-order valence-electron chi connectivity index (χ2n) is 5.61. The van der Waals surface area contributed by atoms with Crippen LogP contribution < -0.4 is 16.0 Å². The number of nitrogens with zero attached hydrogens (tertiary/aromatic N) is 1. The summed E-state index contributed by atoms with van der Waals surface area (Å²) in [6, 6.07) is 15.0. The van der Waals surface area contributed by atoms with Crippen molar-refractivity contribution in [2.75, 3.05) is 10.6 Å². The Bertz CT molecular complexity index is 786. The molecule has 2 amide bonds. The summed E-state index contributed by atoms with van der Waals surface area (Å²) in [6.07, 6.45) is 5.14. The van der Waals surface area contributed by atoms with Gasteiger partial charge in [-0.2, -0.15) is 0 Å². The first kappa shape index (κ1) is 16.6. The van der Waals surface area contributed by atoms with E-state index in [1.165, 1.54) is 0 Å². The quantitative estimate of drug-likeness (QED) is 0.631. The third-order valence-corrected chi connectivity index (χ3v) is 3.74. The van der Waals surface area contributed by atoms with Gasteiger partial charge in [0.15, 0.2) is 0 Å². The van der Waals surface area contributed by atoms with Gasteiger partial charge >= 0.3 is 6.03 Å². The topological polar surface area (TPSA) is 79.2 Å². The largest absolute Gasteiger partial charge is 0.467 e. The molecular formula is C19H20N4O2. The number of furan rings is 1. The van der Waals surface area contributed by atoms with Gasteiger partial charge in [-0.05, 0) is 61.0 Å². The van der Waals surface area contributed by atoms with Crippen LogP contribution in [0.1, 0.15) is 24.3 Å². The normalized spacial score (nSPS) is 11.6. The number of urea groups is 1. The molecule has 2 aromatic heterocycles. The van der Waals surface area contributed by atoms with Crippen molar-refractivity contribution < 1.29 is 9.21 Å². The Balaban J connectivity index is 1.50. The predicted molar refractivity (Wildman–Crippen MR) is 97.3 cm³/mol. The van der Waals surface area contributed by atoms with E-state index >= 15 is 0 Å². The smallest absolute Gasteiger partial charge is 0.319 e. The Hall–Kier alpha value is -3.28. The van der Waals surface area contributed by atoms with Crippen molar-refractivity contribution in [1.82, 2.24) is 10.3 Å². The van der Waals surface area contributed by atoms with Gasteiger partial charge in [0.2, 0.25) is 0 Å². The Morgan fingerprint density at radius 2 is 1.80 bits per heavy atom. The minimum atomic E-state index is -0.276. The van der Waals surface area contributed by atoms with Gasteiger partial charge in [-0.3, -0.25) is 4.98 Å². The summed E-state index contributed by atoms with van der Waals surface area (Å²) in [5.41, 5.74) is 2.86. The Labute approximate surface area is 146 Å². The zero-order chi connectivity index (χ0) is 17.5. The number of rotatable bonds is 6. The number of amides is 2. The van der Waals surface area contributed by atoms with Crippen LogP contribution in [0.2, 0.25) is 0 Å². The van der Waals surface area contributed by atoms with Crippen molar-refractivity contribution in [3.8, 4) is 0 Å². The lowest BCUT2D eigenvalue weighted by Crippen LogP contribution is -2.27. The first-order valence-electron chi connectivity index (χ1n) is 8.04. The fraction of sp³-hybridized carbons (Fsp3) is 0.158. The Morgan fingerprint density at radius 3 is 2.48 bits per heavy atom. The van der Waals surface area contributed by atoms with Gasteiger partial charge in [-0.25, -0.2) is 4.79 Å². The average molecular weight is 336 g/mol. The summed E-state index contributed by atoms with van der Waals surface area (Å²) in [5.74, 6) is 0.708. The van der Waals surface area contributed by atoms with Crippen molar-refractivity contribution in [1.29, 1.82) is 0 Å². The molecule has 3 rings (SSSR count). The molecule has 0 aliphatic carbocycles. The van der Waals surface area contributed by atoms with E-state index in [0.717, 1.165) is 16.9 Å². The first-order valence-corrected chi connectivity index (χ1v) is 8.04. The molecule has 0 aliphatic heterocycles. The highest BCUT2D eigenvalue weighted by atomic mass is 16.3. The van der Waals surface area contributed by atoms with Crippen LogP contribution in [-0.2, 0) is 6.54 Å². The van der Waals surface area contributed by atoms with Gasteiger partial charge in [0.1, 0.15) is 5.76 Å². The van der Waals surface area contributed by atoms with E-state index in [4.69, 9.17) is 4.42 Å². The average Bonchev–Trinajstić information content (AvgIpc) is 3.16. The number of hydrogen-bond donors (Lipinski definition) is 3. The van der Waals surface area contributed by atoms with Crippen LogP contribution >= 0.6 is 0 Å². The van der Waals surface area contributed by atoms with Crippen LogP contribution in [-0.4, -0.2) is 11.0 Å². The fourth-order valence-electron chi connectivity index (χ4n) is 2.39. The lowest BCUT2D eigenvalue weighted by atomic mass is 10.1. The minimum absolute atomic E-state index is 0.165. The third-order valence-electron chi connectivity index (χ3n) is 3.74. The van der Waals surface area contributed by atoms with Crippen molar-refractivity contribution in [3.63, 3.8) is 0 Å². The highest BCUT2D eigenvalue weighted by Crippen LogP contribution is 2.20. The summed E-state index contributed by atoms with van der Waals surface area (Å²) < 4.78 is 5.17. The standard InChI is InChI=1S/C19H20N4O2/c1-14(15-8-10-20-11-9-15)22-16-4-6-17(7-5-16)23-19(24)21-13-18-3-2-12-25-18/h2-12,14,22H,13H2,1H3,(H2,21,23,24)/t14-/m0/s1. The number of hydrogen-bond acceptors (Lipinski definition) is 4. The van der Waals surface area contributed by atoms with Gasteiger partial charge < -0.3 is 20.4 Å². The van der Waals surface area contributed by atoms with Crippen LogP contribution in [0.4, 0.5) is 16.2 Å². The highest BCUT2D eigenvalue weighted by molar-refractivity contribution is 5.89. The maximum Gasteiger partial charge on any atom is 0.319 e. The predicted octanol–water partition coefficient (Wildman–Crippen LogP) is 4.17. The molecule has 0 saturated carbocycles. The Kier molecular flexibility index (Phi) is 5.31. The highest BCUT2D eigenvalue weighted by Gasteiger charge is 2.06. The van der Waals surface area contributed by atoms with Gasteiger partial charge in [0.25, 0.3) is 0 Å². The minimum Gasteiger partial charge on any atom is -0.467 e. The number of anilines is 2. The molecular weight excluding hydrogens is 316 g/mol. The molecule has 1 atom stereocenters. The zero-order valence-electron chi connectivity index (χ0n) is 13.9. The molecule has 1 aromatic carbocycles. The lowest BCUT2D eigenvalue weighted by molar-refractivity contribution is 0.251. The van der Waals surface area contributed by atoms with Crippen molar-refractivity contribution >= 4 is 17.4 Å². The third kappa shape index (κ3) is 4.84. The molecule has 0 spiro atoms. The van der Waals surface area contributed by atoms with E-state index in [0.29, 0.717) is 12.3 Å². The van der Waals surface area contributed by atoms with Crippen molar-refractivity contribution in [2.45, 2.75) is 19.5 Å². The zero-order valence-corrected chi connectivity index (χ0v) is 13.9. The molecule has 2 heterocycles. The van der Waals surface area contributed by atoms with Crippen LogP contribution in [0.25, 0.3) is 0 Å². The van der Waals surface area contributed by atoms with Gasteiger partial charge in [0.05, 0.1) is 12.8 Å². The van der Waals surface area contributed by atoms with Crippen LogP contribution in [0, 0.1) is 0 Å².